The van der Waals surface area contributed by atoms with Crippen molar-refractivity contribution in [2.75, 3.05) is 30.6 Å². The lowest BCUT2D eigenvalue weighted by Crippen LogP contribution is -2.41. The number of carbonyl (C=O) groups is 2. The minimum Gasteiger partial charge on any atom is -0.486 e. The number of carbonyl (C=O) groups excluding carboxylic acids is 2. The van der Waals surface area contributed by atoms with Crippen LogP contribution in [-0.2, 0) is 32.7 Å². The molecule has 3 aromatic rings. The van der Waals surface area contributed by atoms with Crippen molar-refractivity contribution < 1.29 is 31.9 Å². The molecule has 1 fully saturated rings. The zero-order valence-corrected chi connectivity index (χ0v) is 22.0. The number of hydrogen-bond acceptors (Lipinski definition) is 6. The molecule has 1 N–H and O–H groups in total. The molecule has 0 radical (unpaired) electrons. The van der Waals surface area contributed by atoms with Crippen LogP contribution in [0.15, 0.2) is 71.6 Å². The van der Waals surface area contributed by atoms with E-state index < -0.39 is 28.3 Å². The molecule has 5 rings (SSSR count). The van der Waals surface area contributed by atoms with E-state index >= 15 is 0 Å². The van der Waals surface area contributed by atoms with Gasteiger partial charge in [-0.25, -0.2) is 12.8 Å². The highest BCUT2D eigenvalue weighted by atomic mass is 32.2. The molecule has 0 saturated carbocycles. The second-order valence-electron chi connectivity index (χ2n) is 9.26. The Kier molecular flexibility index (Phi) is 7.69. The molecule has 0 atom stereocenters. The third-order valence-corrected chi connectivity index (χ3v) is 8.38. The van der Waals surface area contributed by atoms with Gasteiger partial charge in [-0.2, -0.15) is 0 Å². The topological polar surface area (TPSA) is 105 Å². The van der Waals surface area contributed by atoms with Crippen LogP contribution in [0.1, 0.15) is 24.0 Å². The number of hydrogen-bond donors (Lipinski definition) is 1. The van der Waals surface area contributed by atoms with Crippen LogP contribution in [0.4, 0.5) is 10.1 Å². The first-order chi connectivity index (χ1) is 18.8. The van der Waals surface area contributed by atoms with Gasteiger partial charge >= 0.3 is 0 Å². The van der Waals surface area contributed by atoms with E-state index in [4.69, 9.17) is 9.47 Å². The van der Waals surface area contributed by atoms with Crippen LogP contribution in [-0.4, -0.2) is 51.4 Å². The van der Waals surface area contributed by atoms with Gasteiger partial charge in [0.05, 0.1) is 10.6 Å². The number of fused-ring (bicyclic) bond motifs is 1. The van der Waals surface area contributed by atoms with E-state index in [1.165, 1.54) is 36.4 Å². The molecule has 9 nitrogen and oxygen atoms in total. The van der Waals surface area contributed by atoms with Gasteiger partial charge in [0.15, 0.2) is 11.5 Å². The molecule has 2 aliphatic heterocycles. The number of rotatable bonds is 9. The summed E-state index contributed by atoms with van der Waals surface area (Å²) in [5.41, 5.74) is 1.73. The SMILES string of the molecule is O=C(CN(c1cccc(F)c1)S(=O)(=O)c1ccc2c(c1)OCCO2)NCc1ccccc1CN1CCCC1=O. The Morgan fingerprint density at radius 3 is 2.49 bits per heavy atom. The molecular formula is C28H28FN3O6S. The van der Waals surface area contributed by atoms with E-state index in [1.807, 2.05) is 24.3 Å². The number of halogens is 1. The summed E-state index contributed by atoms with van der Waals surface area (Å²) in [7, 11) is -4.29. The van der Waals surface area contributed by atoms with Gasteiger partial charge in [0.1, 0.15) is 25.6 Å². The highest BCUT2D eigenvalue weighted by Gasteiger charge is 2.29. The largest absolute Gasteiger partial charge is 0.486 e. The molecule has 11 heteroatoms. The predicted octanol–water partition coefficient (Wildman–Crippen LogP) is 3.23. The van der Waals surface area contributed by atoms with Crippen LogP contribution in [0.25, 0.3) is 0 Å². The Morgan fingerprint density at radius 2 is 1.74 bits per heavy atom. The summed E-state index contributed by atoms with van der Waals surface area (Å²) < 4.78 is 53.4. The maximum atomic E-state index is 14.1. The Balaban J connectivity index is 1.36. The molecule has 3 aromatic carbocycles. The first-order valence-corrected chi connectivity index (χ1v) is 14.0. The molecule has 0 aliphatic carbocycles. The quantitative estimate of drug-likeness (QED) is 0.436. The summed E-state index contributed by atoms with van der Waals surface area (Å²) in [4.78, 5) is 26.8. The summed E-state index contributed by atoms with van der Waals surface area (Å²) in [5, 5.41) is 2.78. The molecule has 0 spiro atoms. The van der Waals surface area contributed by atoms with Gasteiger partial charge in [-0.1, -0.05) is 30.3 Å². The summed E-state index contributed by atoms with van der Waals surface area (Å²) in [5.74, 6) is -0.416. The number of benzene rings is 3. The molecule has 1 saturated heterocycles. The fraction of sp³-hybridized carbons (Fsp3) is 0.286. The van der Waals surface area contributed by atoms with Crippen LogP contribution in [0.3, 0.4) is 0 Å². The second kappa shape index (κ2) is 11.3. The highest BCUT2D eigenvalue weighted by Crippen LogP contribution is 2.34. The van der Waals surface area contributed by atoms with Crippen molar-refractivity contribution in [2.45, 2.75) is 30.8 Å². The smallest absolute Gasteiger partial charge is 0.264 e. The van der Waals surface area contributed by atoms with E-state index in [9.17, 15) is 22.4 Å². The maximum Gasteiger partial charge on any atom is 0.264 e. The number of likely N-dealkylation sites (tertiary alicyclic amines) is 1. The van der Waals surface area contributed by atoms with Crippen LogP contribution in [0.5, 0.6) is 11.5 Å². The van der Waals surface area contributed by atoms with Crippen LogP contribution in [0, 0.1) is 5.82 Å². The third-order valence-electron chi connectivity index (χ3n) is 6.61. The molecular weight excluding hydrogens is 525 g/mol. The van der Waals surface area contributed by atoms with Crippen molar-refractivity contribution in [1.82, 2.24) is 10.2 Å². The van der Waals surface area contributed by atoms with Gasteiger partial charge < -0.3 is 19.7 Å². The molecule has 204 valence electrons. The summed E-state index contributed by atoms with van der Waals surface area (Å²) in [6.45, 7) is 1.33. The molecule has 2 aliphatic rings. The first-order valence-electron chi connectivity index (χ1n) is 12.6. The fourth-order valence-corrected chi connectivity index (χ4v) is 6.03. The van der Waals surface area contributed by atoms with E-state index in [0.717, 1.165) is 27.9 Å². The maximum absolute atomic E-state index is 14.1. The van der Waals surface area contributed by atoms with Crippen molar-refractivity contribution in [2.24, 2.45) is 0 Å². The normalized spacial score (nSPS) is 14.8. The number of ether oxygens (including phenoxy) is 2. The summed E-state index contributed by atoms with van der Waals surface area (Å²) in [6, 6.07) is 16.7. The molecule has 2 amide bonds. The fourth-order valence-electron chi connectivity index (χ4n) is 4.60. The van der Waals surface area contributed by atoms with Gasteiger partial charge in [-0.3, -0.25) is 13.9 Å². The predicted molar refractivity (Wildman–Crippen MR) is 141 cm³/mol. The molecule has 0 unspecified atom stereocenters. The van der Waals surface area contributed by atoms with Crippen molar-refractivity contribution >= 4 is 27.5 Å². The second-order valence-corrected chi connectivity index (χ2v) is 11.1. The minimum atomic E-state index is -4.29. The van der Waals surface area contributed by atoms with Crippen LogP contribution < -0.4 is 19.1 Å². The zero-order valence-electron chi connectivity index (χ0n) is 21.1. The average Bonchev–Trinajstić information content (AvgIpc) is 3.34. The van der Waals surface area contributed by atoms with E-state index in [2.05, 4.69) is 5.32 Å². The summed E-state index contributed by atoms with van der Waals surface area (Å²) in [6.07, 6.45) is 1.36. The molecule has 2 heterocycles. The van der Waals surface area contributed by atoms with Crippen molar-refractivity contribution in [3.05, 3.63) is 83.7 Å². The van der Waals surface area contributed by atoms with Crippen LogP contribution >= 0.6 is 0 Å². The molecule has 0 aromatic heterocycles. The van der Waals surface area contributed by atoms with E-state index in [0.29, 0.717) is 31.9 Å². The number of nitrogens with one attached hydrogen (secondary N) is 1. The van der Waals surface area contributed by atoms with Crippen molar-refractivity contribution in [3.63, 3.8) is 0 Å². The van der Waals surface area contributed by atoms with Gasteiger partial charge in [0.2, 0.25) is 11.8 Å². The number of nitrogens with zero attached hydrogens (tertiary/aromatic N) is 2. The first kappa shape index (κ1) is 26.5. The number of amides is 2. The lowest BCUT2D eigenvalue weighted by Gasteiger charge is -2.25. The van der Waals surface area contributed by atoms with E-state index in [1.54, 1.807) is 4.90 Å². The lowest BCUT2D eigenvalue weighted by atomic mass is 10.1. The Morgan fingerprint density at radius 1 is 0.974 bits per heavy atom. The minimum absolute atomic E-state index is 0.00739. The van der Waals surface area contributed by atoms with Crippen LogP contribution in [0.2, 0.25) is 0 Å². The monoisotopic (exact) mass is 553 g/mol. The average molecular weight is 554 g/mol. The van der Waals surface area contributed by atoms with Crippen molar-refractivity contribution in [1.29, 1.82) is 0 Å². The number of sulfonamides is 1. The van der Waals surface area contributed by atoms with Gasteiger partial charge in [0, 0.05) is 32.1 Å². The van der Waals surface area contributed by atoms with Gasteiger partial charge in [-0.15, -0.1) is 0 Å². The number of anilines is 1. The summed E-state index contributed by atoms with van der Waals surface area (Å²) >= 11 is 0. The molecule has 39 heavy (non-hydrogen) atoms. The standard InChI is InChI=1S/C28H28FN3O6S/c29-22-7-3-8-23(15-22)32(39(35,36)24-10-11-25-26(16-24)38-14-13-37-25)19-27(33)30-17-20-5-1-2-6-21(20)18-31-12-4-9-28(31)34/h1-3,5-8,10-11,15-16H,4,9,12-14,17-19H2,(H,30,33). The Hall–Kier alpha value is -4.12. The van der Waals surface area contributed by atoms with E-state index in [-0.39, 0.29) is 35.4 Å². The Bertz CT molecular complexity index is 1500. The van der Waals surface area contributed by atoms with Gasteiger partial charge in [0.25, 0.3) is 10.0 Å². The highest BCUT2D eigenvalue weighted by molar-refractivity contribution is 7.92. The Labute approximate surface area is 226 Å². The third kappa shape index (κ3) is 5.98. The zero-order chi connectivity index (χ0) is 27.4. The lowest BCUT2D eigenvalue weighted by molar-refractivity contribution is -0.128. The van der Waals surface area contributed by atoms with Gasteiger partial charge in [-0.05, 0) is 47.9 Å². The van der Waals surface area contributed by atoms with Crippen molar-refractivity contribution in [3.8, 4) is 11.5 Å². The molecule has 0 bridgehead atoms.